The van der Waals surface area contributed by atoms with E-state index < -0.39 is 0 Å². The van der Waals surface area contributed by atoms with Crippen LogP contribution in [0.5, 0.6) is 0 Å². The highest BCUT2D eigenvalue weighted by molar-refractivity contribution is 5.96. The summed E-state index contributed by atoms with van der Waals surface area (Å²) in [6.45, 7) is 1.65. The summed E-state index contributed by atoms with van der Waals surface area (Å²) in [5, 5.41) is 5.79. The van der Waals surface area contributed by atoms with Crippen LogP contribution in [0.25, 0.3) is 0 Å². The Kier molecular flexibility index (Phi) is 7.19. The zero-order valence-electron chi connectivity index (χ0n) is 12.2. The van der Waals surface area contributed by atoms with Gasteiger partial charge in [0.2, 0.25) is 5.91 Å². The number of likely N-dealkylation sites (tertiary alicyclic amines) is 1. The number of nitrogens with one attached hydrogen (secondary N) is 2. The van der Waals surface area contributed by atoms with Crippen LogP contribution >= 0.6 is 12.4 Å². The summed E-state index contributed by atoms with van der Waals surface area (Å²) in [5.41, 5.74) is 0.577. The molecule has 0 aromatic heterocycles. The van der Waals surface area contributed by atoms with Crippen LogP contribution in [0.2, 0.25) is 0 Å². The van der Waals surface area contributed by atoms with Gasteiger partial charge in [-0.05, 0) is 32.0 Å². The molecule has 5 nitrogen and oxygen atoms in total. The van der Waals surface area contributed by atoms with E-state index >= 15 is 0 Å². The first kappa shape index (κ1) is 17.5. The number of carbonyl (C=O) groups is 2. The van der Waals surface area contributed by atoms with Gasteiger partial charge in [-0.15, -0.1) is 12.4 Å². The Labute approximate surface area is 131 Å². The van der Waals surface area contributed by atoms with Gasteiger partial charge in [-0.2, -0.15) is 0 Å². The highest BCUT2D eigenvalue weighted by Gasteiger charge is 2.27. The van der Waals surface area contributed by atoms with Crippen molar-refractivity contribution >= 4 is 24.2 Å². The van der Waals surface area contributed by atoms with Crippen molar-refractivity contribution in [2.24, 2.45) is 0 Å². The predicted octanol–water partition coefficient (Wildman–Crippen LogP) is 1.05. The topological polar surface area (TPSA) is 61.4 Å². The van der Waals surface area contributed by atoms with Crippen molar-refractivity contribution in [2.45, 2.75) is 18.9 Å². The monoisotopic (exact) mass is 311 g/mol. The van der Waals surface area contributed by atoms with Crippen LogP contribution in [0.4, 0.5) is 0 Å². The molecule has 2 N–H and O–H groups in total. The van der Waals surface area contributed by atoms with Crippen molar-refractivity contribution < 1.29 is 9.59 Å². The van der Waals surface area contributed by atoms with E-state index in [0.717, 1.165) is 25.9 Å². The van der Waals surface area contributed by atoms with Gasteiger partial charge in [-0.1, -0.05) is 18.2 Å². The molecule has 0 bridgehead atoms. The second-order valence-corrected chi connectivity index (χ2v) is 4.99. The second-order valence-electron chi connectivity index (χ2n) is 4.99. The molecular formula is C15H22ClN3O2. The third-order valence-electron chi connectivity index (χ3n) is 3.57. The standard InChI is InChI=1S/C15H21N3O2.ClH/c1-16-10-13-8-5-9-18(13)14(19)11-17-15(20)12-6-3-2-4-7-12;/h2-4,6-7,13,16H,5,8-11H2,1H3,(H,17,20);1H. The Morgan fingerprint density at radius 3 is 2.67 bits per heavy atom. The fourth-order valence-corrected chi connectivity index (χ4v) is 2.56. The molecule has 1 fully saturated rings. The number of nitrogens with zero attached hydrogens (tertiary/aromatic N) is 1. The number of amides is 2. The molecule has 1 aliphatic heterocycles. The van der Waals surface area contributed by atoms with Gasteiger partial charge in [-0.25, -0.2) is 0 Å². The summed E-state index contributed by atoms with van der Waals surface area (Å²) in [6, 6.07) is 9.19. The van der Waals surface area contributed by atoms with Crippen LogP contribution in [0.3, 0.4) is 0 Å². The van der Waals surface area contributed by atoms with E-state index in [1.165, 1.54) is 0 Å². The van der Waals surface area contributed by atoms with Crippen molar-refractivity contribution in [3.8, 4) is 0 Å². The molecule has 2 rings (SSSR count). The summed E-state index contributed by atoms with van der Waals surface area (Å²) in [5.74, 6) is -0.213. The minimum Gasteiger partial charge on any atom is -0.343 e. The number of hydrogen-bond acceptors (Lipinski definition) is 3. The van der Waals surface area contributed by atoms with E-state index in [1.54, 1.807) is 24.3 Å². The number of carbonyl (C=O) groups excluding carboxylic acids is 2. The van der Waals surface area contributed by atoms with Crippen molar-refractivity contribution in [3.05, 3.63) is 35.9 Å². The summed E-state index contributed by atoms with van der Waals surface area (Å²) in [6.07, 6.45) is 2.06. The third kappa shape index (κ3) is 4.72. The highest BCUT2D eigenvalue weighted by Crippen LogP contribution is 2.16. The van der Waals surface area contributed by atoms with E-state index in [9.17, 15) is 9.59 Å². The molecule has 1 atom stereocenters. The molecular weight excluding hydrogens is 290 g/mol. The Bertz CT molecular complexity index is 467. The molecule has 1 aromatic rings. The largest absolute Gasteiger partial charge is 0.343 e. The second kappa shape index (κ2) is 8.64. The van der Waals surface area contributed by atoms with Crippen molar-refractivity contribution in [2.75, 3.05) is 26.7 Å². The van der Waals surface area contributed by atoms with E-state index in [0.29, 0.717) is 5.56 Å². The SMILES string of the molecule is CNCC1CCCN1C(=O)CNC(=O)c1ccccc1.Cl. The van der Waals surface area contributed by atoms with Gasteiger partial charge >= 0.3 is 0 Å². The maximum absolute atomic E-state index is 12.1. The lowest BCUT2D eigenvalue weighted by Gasteiger charge is -2.24. The minimum atomic E-state index is -0.205. The van der Waals surface area contributed by atoms with E-state index in [2.05, 4.69) is 10.6 Å². The zero-order valence-corrected chi connectivity index (χ0v) is 13.0. The number of hydrogen-bond donors (Lipinski definition) is 2. The molecule has 1 aliphatic rings. The average molecular weight is 312 g/mol. The molecule has 0 spiro atoms. The molecule has 116 valence electrons. The number of benzene rings is 1. The maximum atomic E-state index is 12.1. The third-order valence-corrected chi connectivity index (χ3v) is 3.57. The van der Waals surface area contributed by atoms with Crippen LogP contribution in [0, 0.1) is 0 Å². The van der Waals surface area contributed by atoms with Gasteiger partial charge in [0.05, 0.1) is 6.54 Å². The molecule has 0 saturated carbocycles. The predicted molar refractivity (Wildman–Crippen MR) is 84.7 cm³/mol. The molecule has 0 aliphatic carbocycles. The molecule has 1 saturated heterocycles. The fourth-order valence-electron chi connectivity index (χ4n) is 2.56. The first-order valence-corrected chi connectivity index (χ1v) is 6.99. The smallest absolute Gasteiger partial charge is 0.251 e. The Morgan fingerprint density at radius 1 is 1.29 bits per heavy atom. The van der Waals surface area contributed by atoms with Gasteiger partial charge < -0.3 is 15.5 Å². The van der Waals surface area contributed by atoms with E-state index in [-0.39, 0.29) is 36.8 Å². The van der Waals surface area contributed by atoms with Gasteiger partial charge in [0.1, 0.15) is 0 Å². The molecule has 6 heteroatoms. The maximum Gasteiger partial charge on any atom is 0.251 e. The van der Waals surface area contributed by atoms with Crippen LogP contribution in [-0.2, 0) is 4.79 Å². The average Bonchev–Trinajstić information content (AvgIpc) is 2.94. The van der Waals surface area contributed by atoms with Gasteiger partial charge in [0.15, 0.2) is 0 Å². The van der Waals surface area contributed by atoms with Gasteiger partial charge in [0, 0.05) is 24.7 Å². The van der Waals surface area contributed by atoms with Crippen molar-refractivity contribution in [1.82, 2.24) is 15.5 Å². The first-order chi connectivity index (χ1) is 9.72. The van der Waals surface area contributed by atoms with Gasteiger partial charge in [0.25, 0.3) is 5.91 Å². The molecule has 1 heterocycles. The Hall–Kier alpha value is -1.59. The van der Waals surface area contributed by atoms with E-state index in [4.69, 9.17) is 0 Å². The number of likely N-dealkylation sites (N-methyl/N-ethyl adjacent to an activating group) is 1. The van der Waals surface area contributed by atoms with Crippen LogP contribution in [0.1, 0.15) is 23.2 Å². The minimum absolute atomic E-state index is 0. The summed E-state index contributed by atoms with van der Waals surface area (Å²) in [7, 11) is 1.89. The van der Waals surface area contributed by atoms with Crippen LogP contribution in [0.15, 0.2) is 30.3 Å². The van der Waals surface area contributed by atoms with Gasteiger partial charge in [-0.3, -0.25) is 9.59 Å². The quantitative estimate of drug-likeness (QED) is 0.854. The molecule has 2 amide bonds. The normalized spacial score (nSPS) is 17.2. The van der Waals surface area contributed by atoms with Crippen LogP contribution in [-0.4, -0.2) is 49.4 Å². The van der Waals surface area contributed by atoms with Crippen LogP contribution < -0.4 is 10.6 Å². The summed E-state index contributed by atoms with van der Waals surface area (Å²) in [4.78, 5) is 25.9. The van der Waals surface area contributed by atoms with Crippen molar-refractivity contribution in [3.63, 3.8) is 0 Å². The fraction of sp³-hybridized carbons (Fsp3) is 0.467. The van der Waals surface area contributed by atoms with E-state index in [1.807, 2.05) is 18.0 Å². The molecule has 21 heavy (non-hydrogen) atoms. The first-order valence-electron chi connectivity index (χ1n) is 6.99. The molecule has 0 radical (unpaired) electrons. The molecule has 1 unspecified atom stereocenters. The lowest BCUT2D eigenvalue weighted by molar-refractivity contribution is -0.130. The summed E-state index contributed by atoms with van der Waals surface area (Å²) < 4.78 is 0. The zero-order chi connectivity index (χ0) is 14.4. The molecule has 1 aromatic carbocycles. The Morgan fingerprint density at radius 2 is 2.00 bits per heavy atom. The van der Waals surface area contributed by atoms with Crippen molar-refractivity contribution in [1.29, 1.82) is 0 Å². The summed E-state index contributed by atoms with van der Waals surface area (Å²) >= 11 is 0. The Balaban J connectivity index is 0.00000220. The lowest BCUT2D eigenvalue weighted by atomic mass is 10.2. The lowest BCUT2D eigenvalue weighted by Crippen LogP contribution is -2.45. The highest BCUT2D eigenvalue weighted by atomic mass is 35.5. The number of halogens is 1. The number of rotatable bonds is 5.